The van der Waals surface area contributed by atoms with Gasteiger partial charge in [0.2, 0.25) is 0 Å². The molecule has 3 rings (SSSR count). The van der Waals surface area contributed by atoms with Gasteiger partial charge in [0, 0.05) is 4.88 Å². The quantitative estimate of drug-likeness (QED) is 0.848. The van der Waals surface area contributed by atoms with Crippen molar-refractivity contribution in [2.45, 2.75) is 37.7 Å². The highest BCUT2D eigenvalue weighted by atomic mass is 32.1. The molecular formula is C16H18OS. The molecule has 1 fully saturated rings. The van der Waals surface area contributed by atoms with Gasteiger partial charge in [-0.3, -0.25) is 0 Å². The zero-order valence-corrected chi connectivity index (χ0v) is 11.2. The van der Waals surface area contributed by atoms with Crippen LogP contribution in [0.5, 0.6) is 0 Å². The van der Waals surface area contributed by atoms with Crippen LogP contribution in [0.2, 0.25) is 0 Å². The molecule has 1 N–H and O–H groups in total. The van der Waals surface area contributed by atoms with Crippen molar-refractivity contribution < 1.29 is 5.11 Å². The Kier molecular flexibility index (Phi) is 3.48. The van der Waals surface area contributed by atoms with E-state index in [1.54, 1.807) is 11.3 Å². The SMILES string of the molecule is OC(CCc1cccs1)c1ccc(C2CC2)cc1. The number of rotatable bonds is 5. The summed E-state index contributed by atoms with van der Waals surface area (Å²) < 4.78 is 0. The summed E-state index contributed by atoms with van der Waals surface area (Å²) in [7, 11) is 0. The van der Waals surface area contributed by atoms with Crippen molar-refractivity contribution in [1.29, 1.82) is 0 Å². The lowest BCUT2D eigenvalue weighted by Crippen LogP contribution is -1.99. The Morgan fingerprint density at radius 1 is 1.17 bits per heavy atom. The smallest absolute Gasteiger partial charge is 0.0793 e. The fourth-order valence-corrected chi connectivity index (χ4v) is 3.03. The molecule has 0 aliphatic heterocycles. The van der Waals surface area contributed by atoms with Crippen molar-refractivity contribution in [2.75, 3.05) is 0 Å². The Labute approximate surface area is 112 Å². The molecule has 2 heteroatoms. The third-order valence-corrected chi connectivity index (χ3v) is 4.55. The van der Waals surface area contributed by atoms with Gasteiger partial charge in [-0.15, -0.1) is 11.3 Å². The van der Waals surface area contributed by atoms with Crippen LogP contribution >= 0.6 is 11.3 Å². The summed E-state index contributed by atoms with van der Waals surface area (Å²) in [4.78, 5) is 1.35. The summed E-state index contributed by atoms with van der Waals surface area (Å²) in [5.41, 5.74) is 2.49. The monoisotopic (exact) mass is 258 g/mol. The van der Waals surface area contributed by atoms with Crippen LogP contribution in [0.3, 0.4) is 0 Å². The first-order chi connectivity index (χ1) is 8.83. The maximum Gasteiger partial charge on any atom is 0.0793 e. The number of benzene rings is 1. The van der Waals surface area contributed by atoms with Crippen molar-refractivity contribution in [1.82, 2.24) is 0 Å². The van der Waals surface area contributed by atoms with Gasteiger partial charge in [-0.25, -0.2) is 0 Å². The van der Waals surface area contributed by atoms with Crippen LogP contribution < -0.4 is 0 Å². The summed E-state index contributed by atoms with van der Waals surface area (Å²) >= 11 is 1.76. The topological polar surface area (TPSA) is 20.2 Å². The van der Waals surface area contributed by atoms with E-state index in [2.05, 4.69) is 41.8 Å². The van der Waals surface area contributed by atoms with E-state index in [4.69, 9.17) is 0 Å². The molecule has 94 valence electrons. The molecule has 1 aliphatic rings. The molecule has 0 radical (unpaired) electrons. The minimum absolute atomic E-state index is 0.333. The zero-order valence-electron chi connectivity index (χ0n) is 10.4. The van der Waals surface area contributed by atoms with Crippen LogP contribution in [0.4, 0.5) is 0 Å². The molecule has 1 heterocycles. The molecule has 1 aromatic heterocycles. The number of hydrogen-bond acceptors (Lipinski definition) is 2. The van der Waals surface area contributed by atoms with Crippen molar-refractivity contribution in [3.8, 4) is 0 Å². The van der Waals surface area contributed by atoms with Crippen molar-refractivity contribution in [3.63, 3.8) is 0 Å². The van der Waals surface area contributed by atoms with Gasteiger partial charge < -0.3 is 5.11 Å². The summed E-state index contributed by atoms with van der Waals surface area (Å²) in [5.74, 6) is 0.794. The van der Waals surface area contributed by atoms with Gasteiger partial charge in [-0.05, 0) is 54.2 Å². The summed E-state index contributed by atoms with van der Waals surface area (Å²) in [6.07, 6.45) is 4.10. The van der Waals surface area contributed by atoms with E-state index in [0.717, 1.165) is 24.3 Å². The Balaban J connectivity index is 1.59. The third-order valence-electron chi connectivity index (χ3n) is 3.61. The molecule has 1 unspecified atom stereocenters. The molecule has 1 nitrogen and oxygen atoms in total. The molecule has 1 atom stereocenters. The van der Waals surface area contributed by atoms with E-state index >= 15 is 0 Å². The Bertz CT molecular complexity index is 482. The van der Waals surface area contributed by atoms with Crippen molar-refractivity contribution in [3.05, 3.63) is 57.8 Å². The second-order valence-electron chi connectivity index (χ2n) is 5.07. The number of aliphatic hydroxyl groups excluding tert-OH is 1. The molecule has 1 aromatic carbocycles. The van der Waals surface area contributed by atoms with Gasteiger partial charge in [0.15, 0.2) is 0 Å². The van der Waals surface area contributed by atoms with Gasteiger partial charge in [-0.2, -0.15) is 0 Å². The second-order valence-corrected chi connectivity index (χ2v) is 6.11. The van der Waals surface area contributed by atoms with Gasteiger partial charge in [0.25, 0.3) is 0 Å². The average molecular weight is 258 g/mol. The van der Waals surface area contributed by atoms with E-state index in [1.165, 1.54) is 23.3 Å². The largest absolute Gasteiger partial charge is 0.388 e. The highest BCUT2D eigenvalue weighted by Crippen LogP contribution is 2.40. The number of aryl methyl sites for hydroxylation is 1. The number of thiophene rings is 1. The lowest BCUT2D eigenvalue weighted by atomic mass is 10.0. The number of hydrogen-bond donors (Lipinski definition) is 1. The van der Waals surface area contributed by atoms with Crippen LogP contribution in [-0.2, 0) is 6.42 Å². The maximum absolute atomic E-state index is 10.2. The predicted octanol–water partition coefficient (Wildman–Crippen LogP) is 4.29. The highest BCUT2D eigenvalue weighted by Gasteiger charge is 2.23. The normalized spacial score (nSPS) is 16.7. The van der Waals surface area contributed by atoms with Gasteiger partial charge in [0.1, 0.15) is 0 Å². The van der Waals surface area contributed by atoms with Crippen LogP contribution in [-0.4, -0.2) is 5.11 Å². The van der Waals surface area contributed by atoms with E-state index < -0.39 is 0 Å². The summed E-state index contributed by atoms with van der Waals surface area (Å²) in [6, 6.07) is 12.7. The Hall–Kier alpha value is -1.12. The van der Waals surface area contributed by atoms with Crippen molar-refractivity contribution in [2.24, 2.45) is 0 Å². The molecule has 1 aliphatic carbocycles. The molecule has 0 bridgehead atoms. The molecule has 1 saturated carbocycles. The molecule has 18 heavy (non-hydrogen) atoms. The highest BCUT2D eigenvalue weighted by molar-refractivity contribution is 7.09. The van der Waals surface area contributed by atoms with Crippen LogP contribution in [0.1, 0.15) is 47.3 Å². The molecule has 0 saturated heterocycles. The number of aliphatic hydroxyl groups is 1. The minimum atomic E-state index is -0.333. The first-order valence-corrected chi connectivity index (χ1v) is 7.51. The fraction of sp³-hybridized carbons (Fsp3) is 0.375. The standard InChI is InChI=1S/C16H18OS/c17-16(10-9-15-2-1-11-18-15)14-7-5-13(6-8-14)12-3-4-12/h1-2,5-8,11-12,16-17H,3-4,9-10H2. The predicted molar refractivity (Wildman–Crippen MR) is 76.0 cm³/mol. The zero-order chi connectivity index (χ0) is 12.4. The second kappa shape index (κ2) is 5.25. The van der Waals surface area contributed by atoms with E-state index in [9.17, 15) is 5.11 Å². The summed E-state index contributed by atoms with van der Waals surface area (Å²) in [5, 5.41) is 12.3. The average Bonchev–Trinajstić information content (AvgIpc) is 3.13. The van der Waals surface area contributed by atoms with Gasteiger partial charge >= 0.3 is 0 Å². The van der Waals surface area contributed by atoms with E-state index in [1.807, 2.05) is 0 Å². The first kappa shape index (κ1) is 11.9. The van der Waals surface area contributed by atoms with Gasteiger partial charge in [-0.1, -0.05) is 30.3 Å². The van der Waals surface area contributed by atoms with Gasteiger partial charge in [0.05, 0.1) is 6.10 Å². The van der Waals surface area contributed by atoms with Crippen LogP contribution in [0.15, 0.2) is 41.8 Å². The molecule has 0 spiro atoms. The lowest BCUT2D eigenvalue weighted by Gasteiger charge is -2.11. The Morgan fingerprint density at radius 3 is 2.56 bits per heavy atom. The third kappa shape index (κ3) is 2.82. The van der Waals surface area contributed by atoms with E-state index in [-0.39, 0.29) is 6.10 Å². The molecular weight excluding hydrogens is 240 g/mol. The fourth-order valence-electron chi connectivity index (χ4n) is 2.31. The summed E-state index contributed by atoms with van der Waals surface area (Å²) in [6.45, 7) is 0. The van der Waals surface area contributed by atoms with Crippen molar-refractivity contribution >= 4 is 11.3 Å². The lowest BCUT2D eigenvalue weighted by molar-refractivity contribution is 0.168. The first-order valence-electron chi connectivity index (χ1n) is 6.63. The minimum Gasteiger partial charge on any atom is -0.388 e. The maximum atomic E-state index is 10.2. The van der Waals surface area contributed by atoms with Crippen LogP contribution in [0.25, 0.3) is 0 Å². The Morgan fingerprint density at radius 2 is 1.94 bits per heavy atom. The molecule has 2 aromatic rings. The molecule has 0 amide bonds. The van der Waals surface area contributed by atoms with E-state index in [0.29, 0.717) is 0 Å². The van der Waals surface area contributed by atoms with Crippen LogP contribution in [0, 0.1) is 0 Å².